The summed E-state index contributed by atoms with van der Waals surface area (Å²) < 4.78 is 16.5. The molecule has 1 aliphatic rings. The third kappa shape index (κ3) is 4.11. The highest BCUT2D eigenvalue weighted by molar-refractivity contribution is 5.76. The molecule has 0 N–H and O–H groups in total. The van der Waals surface area contributed by atoms with Gasteiger partial charge < -0.3 is 18.8 Å². The fraction of sp³-hybridized carbons (Fsp3) is 0.304. The van der Waals surface area contributed by atoms with E-state index >= 15 is 0 Å². The van der Waals surface area contributed by atoms with Gasteiger partial charge in [0.05, 0.1) is 26.0 Å². The Morgan fingerprint density at radius 1 is 1.14 bits per heavy atom. The number of fused-ring (bicyclic) bond motifs is 1. The molecular formula is C23H24N2O4. The van der Waals surface area contributed by atoms with Crippen LogP contribution in [0.1, 0.15) is 23.4 Å². The van der Waals surface area contributed by atoms with Crippen LogP contribution < -0.4 is 9.47 Å². The van der Waals surface area contributed by atoms with Crippen LogP contribution in [0.5, 0.6) is 11.5 Å². The van der Waals surface area contributed by atoms with E-state index in [2.05, 4.69) is 17.1 Å². The zero-order valence-corrected chi connectivity index (χ0v) is 16.7. The number of amides is 1. The summed E-state index contributed by atoms with van der Waals surface area (Å²) in [6, 6.07) is 13.8. The molecule has 1 aliphatic heterocycles. The second-order valence-electron chi connectivity index (χ2n) is 7.02. The molecule has 0 unspecified atom stereocenters. The molecule has 3 aromatic rings. The van der Waals surface area contributed by atoms with E-state index in [9.17, 15) is 4.79 Å². The van der Waals surface area contributed by atoms with Crippen molar-refractivity contribution in [3.63, 3.8) is 0 Å². The summed E-state index contributed by atoms with van der Waals surface area (Å²) in [5, 5.41) is 0. The van der Waals surface area contributed by atoms with Crippen LogP contribution in [0.2, 0.25) is 0 Å². The Balaban J connectivity index is 1.39. The molecule has 0 atom stereocenters. The maximum Gasteiger partial charge on any atom is 0.223 e. The van der Waals surface area contributed by atoms with Crippen molar-refractivity contribution in [2.75, 3.05) is 20.8 Å². The highest BCUT2D eigenvalue weighted by Crippen LogP contribution is 2.33. The highest BCUT2D eigenvalue weighted by Gasteiger charge is 2.21. The van der Waals surface area contributed by atoms with E-state index in [-0.39, 0.29) is 5.91 Å². The van der Waals surface area contributed by atoms with Crippen molar-refractivity contribution in [2.45, 2.75) is 25.8 Å². The Kier molecular flexibility index (Phi) is 5.51. The van der Waals surface area contributed by atoms with Crippen LogP contribution in [0.4, 0.5) is 0 Å². The molecule has 0 saturated carbocycles. The Hall–Kier alpha value is -3.28. The van der Waals surface area contributed by atoms with Gasteiger partial charge in [-0.25, -0.2) is 4.98 Å². The molecule has 150 valence electrons. The summed E-state index contributed by atoms with van der Waals surface area (Å²) in [7, 11) is 3.21. The molecule has 1 aromatic heterocycles. The lowest BCUT2D eigenvalue weighted by Gasteiger charge is -2.28. The van der Waals surface area contributed by atoms with Crippen molar-refractivity contribution >= 4 is 5.91 Å². The first-order valence-electron chi connectivity index (χ1n) is 9.69. The van der Waals surface area contributed by atoms with E-state index in [1.54, 1.807) is 26.5 Å². The predicted molar refractivity (Wildman–Crippen MR) is 109 cm³/mol. The molecule has 0 aliphatic carbocycles. The van der Waals surface area contributed by atoms with Gasteiger partial charge in [0.1, 0.15) is 11.5 Å². The van der Waals surface area contributed by atoms with Gasteiger partial charge in [0.2, 0.25) is 5.91 Å². The van der Waals surface area contributed by atoms with Gasteiger partial charge in [-0.2, -0.15) is 0 Å². The number of methoxy groups -OCH3 is 2. The van der Waals surface area contributed by atoms with E-state index in [1.165, 1.54) is 11.1 Å². The number of hydrogen-bond donors (Lipinski definition) is 0. The Morgan fingerprint density at radius 2 is 1.97 bits per heavy atom. The van der Waals surface area contributed by atoms with Crippen LogP contribution in [0.25, 0.3) is 11.3 Å². The number of aryl methyl sites for hydroxylation is 1. The second-order valence-corrected chi connectivity index (χ2v) is 7.02. The van der Waals surface area contributed by atoms with Crippen LogP contribution in [-0.4, -0.2) is 36.6 Å². The van der Waals surface area contributed by atoms with E-state index in [0.717, 1.165) is 18.5 Å². The topological polar surface area (TPSA) is 64.8 Å². The summed E-state index contributed by atoms with van der Waals surface area (Å²) in [6.45, 7) is 1.44. The van der Waals surface area contributed by atoms with Crippen molar-refractivity contribution in [3.05, 3.63) is 65.7 Å². The molecule has 0 saturated heterocycles. The van der Waals surface area contributed by atoms with Crippen molar-refractivity contribution in [2.24, 2.45) is 0 Å². The third-order valence-corrected chi connectivity index (χ3v) is 5.26. The average Bonchev–Trinajstić information content (AvgIpc) is 3.25. The van der Waals surface area contributed by atoms with Crippen molar-refractivity contribution in [1.29, 1.82) is 0 Å². The minimum Gasteiger partial charge on any atom is -0.497 e. The molecular weight excluding hydrogens is 368 g/mol. The second kappa shape index (κ2) is 8.39. The minimum atomic E-state index is 0.126. The van der Waals surface area contributed by atoms with Crippen molar-refractivity contribution in [1.82, 2.24) is 9.88 Å². The summed E-state index contributed by atoms with van der Waals surface area (Å²) >= 11 is 0. The molecule has 1 amide bonds. The van der Waals surface area contributed by atoms with Gasteiger partial charge in [0, 0.05) is 32.0 Å². The quantitative estimate of drug-likeness (QED) is 0.637. The van der Waals surface area contributed by atoms with Gasteiger partial charge in [-0.05, 0) is 29.7 Å². The van der Waals surface area contributed by atoms with Gasteiger partial charge in [0.15, 0.2) is 11.7 Å². The molecule has 6 heteroatoms. The Labute approximate surface area is 170 Å². The number of benzene rings is 2. The first kappa shape index (κ1) is 19.1. The number of nitrogens with zero attached hydrogens (tertiary/aromatic N) is 2. The van der Waals surface area contributed by atoms with Gasteiger partial charge in [0.25, 0.3) is 0 Å². The maximum atomic E-state index is 12.7. The SMILES string of the molecule is COc1ccc(-c2cnc(CCC(=O)N3CCc4ccccc4C3)o2)c(OC)c1. The molecule has 0 spiro atoms. The van der Waals surface area contributed by atoms with Gasteiger partial charge in [-0.3, -0.25) is 4.79 Å². The van der Waals surface area contributed by atoms with Crippen molar-refractivity contribution < 1.29 is 18.7 Å². The molecule has 0 radical (unpaired) electrons. The van der Waals surface area contributed by atoms with Gasteiger partial charge >= 0.3 is 0 Å². The fourth-order valence-electron chi connectivity index (χ4n) is 3.63. The summed E-state index contributed by atoms with van der Waals surface area (Å²) in [4.78, 5) is 18.9. The maximum absolute atomic E-state index is 12.7. The summed E-state index contributed by atoms with van der Waals surface area (Å²) in [5.74, 6) is 2.64. The number of carbonyl (C=O) groups is 1. The van der Waals surface area contributed by atoms with Crippen LogP contribution in [-0.2, 0) is 24.2 Å². The lowest BCUT2D eigenvalue weighted by atomic mass is 9.99. The van der Waals surface area contributed by atoms with Crippen LogP contribution in [0.15, 0.2) is 53.1 Å². The molecule has 29 heavy (non-hydrogen) atoms. The van der Waals surface area contributed by atoms with E-state index < -0.39 is 0 Å². The number of carbonyl (C=O) groups excluding carboxylic acids is 1. The smallest absolute Gasteiger partial charge is 0.223 e. The lowest BCUT2D eigenvalue weighted by Crippen LogP contribution is -2.36. The number of rotatable bonds is 6. The molecule has 4 rings (SSSR count). The van der Waals surface area contributed by atoms with Gasteiger partial charge in [-0.15, -0.1) is 0 Å². The first-order chi connectivity index (χ1) is 14.2. The molecule has 2 aromatic carbocycles. The average molecular weight is 392 g/mol. The van der Waals surface area contributed by atoms with Crippen LogP contribution in [0.3, 0.4) is 0 Å². The standard InChI is InChI=1S/C23H24N2O4/c1-27-18-7-8-19(20(13-18)28-2)21-14-24-22(29-21)9-10-23(26)25-12-11-16-5-3-4-6-17(16)15-25/h3-8,13-14H,9-12,15H2,1-2H3. The highest BCUT2D eigenvalue weighted by atomic mass is 16.5. The van der Waals surface area contributed by atoms with E-state index in [4.69, 9.17) is 13.9 Å². The first-order valence-corrected chi connectivity index (χ1v) is 9.69. The van der Waals surface area contributed by atoms with E-state index in [1.807, 2.05) is 29.2 Å². The molecule has 0 fully saturated rings. The summed E-state index contributed by atoms with van der Waals surface area (Å²) in [6.07, 6.45) is 3.42. The predicted octanol–water partition coefficient (Wildman–Crippen LogP) is 3.88. The number of hydrogen-bond acceptors (Lipinski definition) is 5. The zero-order chi connectivity index (χ0) is 20.2. The summed E-state index contributed by atoms with van der Waals surface area (Å²) in [5.41, 5.74) is 3.37. The van der Waals surface area contributed by atoms with Crippen LogP contribution >= 0.6 is 0 Å². The Morgan fingerprint density at radius 3 is 2.76 bits per heavy atom. The van der Waals surface area contributed by atoms with Crippen LogP contribution in [0, 0.1) is 0 Å². The Bertz CT molecular complexity index is 1010. The number of ether oxygens (including phenoxy) is 2. The zero-order valence-electron chi connectivity index (χ0n) is 16.7. The number of aromatic nitrogens is 1. The van der Waals surface area contributed by atoms with E-state index in [0.29, 0.717) is 42.5 Å². The molecule has 0 bridgehead atoms. The monoisotopic (exact) mass is 392 g/mol. The normalized spacial score (nSPS) is 13.1. The minimum absolute atomic E-state index is 0.126. The van der Waals surface area contributed by atoms with Gasteiger partial charge in [-0.1, -0.05) is 24.3 Å². The van der Waals surface area contributed by atoms with Crippen molar-refractivity contribution in [3.8, 4) is 22.8 Å². The largest absolute Gasteiger partial charge is 0.497 e. The molecule has 6 nitrogen and oxygen atoms in total. The third-order valence-electron chi connectivity index (χ3n) is 5.26. The number of oxazole rings is 1. The lowest BCUT2D eigenvalue weighted by molar-refractivity contribution is -0.132. The fourth-order valence-corrected chi connectivity index (χ4v) is 3.63. The molecule has 2 heterocycles.